The summed E-state index contributed by atoms with van der Waals surface area (Å²) in [6.45, 7) is 1.41. The Balaban J connectivity index is 2.16. The number of hydrogen-bond acceptors (Lipinski definition) is 6. The fraction of sp³-hybridized carbons (Fsp3) is 0.333. The van der Waals surface area contributed by atoms with E-state index in [1.54, 1.807) is 0 Å². The summed E-state index contributed by atoms with van der Waals surface area (Å²) in [5.74, 6) is -1.37. The molecule has 1 aliphatic rings. The van der Waals surface area contributed by atoms with Crippen molar-refractivity contribution in [3.8, 4) is 11.5 Å². The Morgan fingerprint density at radius 3 is 1.84 bits per heavy atom. The fourth-order valence-corrected chi connectivity index (χ4v) is 4.53. The van der Waals surface area contributed by atoms with Gasteiger partial charge in [0.15, 0.2) is 0 Å². The van der Waals surface area contributed by atoms with Crippen molar-refractivity contribution >= 4 is 20.2 Å². The van der Waals surface area contributed by atoms with Gasteiger partial charge in [0.05, 0.1) is 0 Å². The molecule has 1 aliphatic carbocycles. The maximum absolute atomic E-state index is 12.8. The Labute approximate surface area is 179 Å². The third-order valence-corrected chi connectivity index (χ3v) is 6.94. The van der Waals surface area contributed by atoms with Crippen molar-refractivity contribution < 1.29 is 51.5 Å². The SMILES string of the molecule is C[C@]1(c2ccccc2OS(=O)(=O)C(F)(F)F)CCc2cccc(OS(=O)(=O)C(F)(F)F)c21. The van der Waals surface area contributed by atoms with E-state index in [1.807, 2.05) is 0 Å². The summed E-state index contributed by atoms with van der Waals surface area (Å²) in [7, 11) is -12.1. The third kappa shape index (κ3) is 4.12. The van der Waals surface area contributed by atoms with Crippen molar-refractivity contribution in [3.63, 3.8) is 0 Å². The molecule has 6 nitrogen and oxygen atoms in total. The average Bonchev–Trinajstić information content (AvgIpc) is 2.99. The summed E-state index contributed by atoms with van der Waals surface area (Å²) >= 11 is 0. The molecule has 2 aromatic rings. The van der Waals surface area contributed by atoms with E-state index in [-0.39, 0.29) is 24.0 Å². The van der Waals surface area contributed by atoms with Gasteiger partial charge in [-0.2, -0.15) is 43.2 Å². The summed E-state index contributed by atoms with van der Waals surface area (Å²) in [5, 5.41) is 0. The van der Waals surface area contributed by atoms with Crippen LogP contribution < -0.4 is 8.37 Å². The second kappa shape index (κ2) is 7.54. The highest BCUT2D eigenvalue weighted by Gasteiger charge is 2.51. The largest absolute Gasteiger partial charge is 0.534 e. The van der Waals surface area contributed by atoms with Crippen LogP contribution >= 0.6 is 0 Å². The molecule has 3 rings (SSSR count). The normalized spacial score (nSPS) is 19.5. The molecule has 0 N–H and O–H groups in total. The molecule has 0 spiro atoms. The average molecular weight is 504 g/mol. The number of aryl methyl sites for hydroxylation is 1. The first-order chi connectivity index (χ1) is 14.5. The molecule has 0 aliphatic heterocycles. The molecule has 0 aromatic heterocycles. The van der Waals surface area contributed by atoms with Crippen molar-refractivity contribution in [2.75, 3.05) is 0 Å². The van der Waals surface area contributed by atoms with Crippen molar-refractivity contribution in [3.05, 3.63) is 59.2 Å². The lowest BCUT2D eigenvalue weighted by atomic mass is 9.76. The van der Waals surface area contributed by atoms with Crippen molar-refractivity contribution in [2.24, 2.45) is 0 Å². The van der Waals surface area contributed by atoms with E-state index < -0.39 is 48.2 Å². The molecule has 0 saturated heterocycles. The molecule has 0 amide bonds. The molecular weight excluding hydrogens is 490 g/mol. The monoisotopic (exact) mass is 504 g/mol. The lowest BCUT2D eigenvalue weighted by Crippen LogP contribution is -2.31. The number of rotatable bonds is 5. The highest BCUT2D eigenvalue weighted by Crippen LogP contribution is 2.51. The van der Waals surface area contributed by atoms with E-state index in [2.05, 4.69) is 8.37 Å². The van der Waals surface area contributed by atoms with Gasteiger partial charge in [-0.1, -0.05) is 37.3 Å². The van der Waals surface area contributed by atoms with Gasteiger partial charge in [0.25, 0.3) is 0 Å². The highest BCUT2D eigenvalue weighted by atomic mass is 32.2. The van der Waals surface area contributed by atoms with E-state index >= 15 is 0 Å². The van der Waals surface area contributed by atoms with Crippen LogP contribution in [0.25, 0.3) is 0 Å². The zero-order chi connectivity index (χ0) is 24.2. The molecule has 0 saturated carbocycles. The molecule has 32 heavy (non-hydrogen) atoms. The molecule has 2 aromatic carbocycles. The maximum Gasteiger partial charge on any atom is 0.534 e. The summed E-state index contributed by atoms with van der Waals surface area (Å²) in [6, 6.07) is 8.50. The fourth-order valence-electron chi connectivity index (χ4n) is 3.59. The number of para-hydroxylation sites is 1. The highest BCUT2D eigenvalue weighted by molar-refractivity contribution is 7.88. The minimum atomic E-state index is -6.04. The maximum atomic E-state index is 12.8. The quantitative estimate of drug-likeness (QED) is 0.341. The van der Waals surface area contributed by atoms with E-state index in [0.717, 1.165) is 12.1 Å². The molecule has 0 heterocycles. The lowest BCUT2D eigenvalue weighted by Gasteiger charge is -2.29. The third-order valence-electron chi connectivity index (χ3n) is 5.01. The van der Waals surface area contributed by atoms with E-state index in [9.17, 15) is 43.2 Å². The van der Waals surface area contributed by atoms with E-state index in [1.165, 1.54) is 37.3 Å². The molecule has 0 unspecified atom stereocenters. The Kier molecular flexibility index (Phi) is 5.70. The summed E-state index contributed by atoms with van der Waals surface area (Å²) in [6.07, 6.45) is 0.302. The van der Waals surface area contributed by atoms with Crippen molar-refractivity contribution in [2.45, 2.75) is 36.2 Å². The first-order valence-corrected chi connectivity index (χ1v) is 11.5. The van der Waals surface area contributed by atoms with Gasteiger partial charge in [0.1, 0.15) is 11.5 Å². The van der Waals surface area contributed by atoms with Gasteiger partial charge in [-0.3, -0.25) is 0 Å². The van der Waals surface area contributed by atoms with Crippen LogP contribution in [0.1, 0.15) is 30.0 Å². The number of hydrogen-bond donors (Lipinski definition) is 0. The van der Waals surface area contributed by atoms with Gasteiger partial charge in [-0.05, 0) is 30.5 Å². The standard InChI is InChI=1S/C18H14F6O6S2/c1-16(12-6-2-3-7-13(12)29-31(25,26)17(19,20)21)10-9-11-5-4-8-14(15(11)16)30-32(27,28)18(22,23)24/h2-8H,9-10H2,1H3/t16-/m1/s1. The minimum Gasteiger partial charge on any atom is -0.376 e. The zero-order valence-corrected chi connectivity index (χ0v) is 17.6. The van der Waals surface area contributed by atoms with Crippen molar-refractivity contribution in [1.29, 1.82) is 0 Å². The molecule has 14 heteroatoms. The van der Waals surface area contributed by atoms with Gasteiger partial charge in [-0.15, -0.1) is 0 Å². The van der Waals surface area contributed by atoms with Gasteiger partial charge < -0.3 is 8.37 Å². The van der Waals surface area contributed by atoms with E-state index in [4.69, 9.17) is 0 Å². The lowest BCUT2D eigenvalue weighted by molar-refractivity contribution is -0.0504. The predicted octanol–water partition coefficient (Wildman–Crippen LogP) is 4.40. The summed E-state index contributed by atoms with van der Waals surface area (Å²) < 4.78 is 132. The number of halogens is 6. The molecule has 0 fully saturated rings. The topological polar surface area (TPSA) is 86.7 Å². The van der Waals surface area contributed by atoms with Crippen molar-refractivity contribution in [1.82, 2.24) is 0 Å². The summed E-state index contributed by atoms with van der Waals surface area (Å²) in [5.41, 5.74) is -12.6. The molecule has 0 radical (unpaired) electrons. The van der Waals surface area contributed by atoms with Gasteiger partial charge in [0.2, 0.25) is 0 Å². The van der Waals surface area contributed by atoms with Crippen LogP contribution in [0.5, 0.6) is 11.5 Å². The first-order valence-electron chi connectivity index (χ1n) is 8.73. The first kappa shape index (κ1) is 24.2. The van der Waals surface area contributed by atoms with Gasteiger partial charge in [0, 0.05) is 16.5 Å². The molecule has 176 valence electrons. The zero-order valence-electron chi connectivity index (χ0n) is 16.0. The van der Waals surface area contributed by atoms with Crippen LogP contribution in [0.15, 0.2) is 42.5 Å². The van der Waals surface area contributed by atoms with Crippen LogP contribution in [0.4, 0.5) is 26.3 Å². The Bertz CT molecular complexity index is 1250. The molecular formula is C18H14F6O6S2. The predicted molar refractivity (Wildman–Crippen MR) is 98.9 cm³/mol. The van der Waals surface area contributed by atoms with Crippen LogP contribution in [0.3, 0.4) is 0 Å². The number of fused-ring (bicyclic) bond motifs is 1. The summed E-state index contributed by atoms with van der Waals surface area (Å²) in [4.78, 5) is 0. The Morgan fingerprint density at radius 2 is 1.28 bits per heavy atom. The Morgan fingerprint density at radius 1 is 0.781 bits per heavy atom. The van der Waals surface area contributed by atoms with Gasteiger partial charge in [-0.25, -0.2) is 0 Å². The molecule has 1 atom stereocenters. The molecule has 0 bridgehead atoms. The van der Waals surface area contributed by atoms with Crippen LogP contribution in [0.2, 0.25) is 0 Å². The minimum absolute atomic E-state index is 0.0340. The smallest absolute Gasteiger partial charge is 0.376 e. The second-order valence-electron chi connectivity index (χ2n) is 7.08. The van der Waals surface area contributed by atoms with Crippen LogP contribution in [-0.2, 0) is 32.1 Å². The van der Waals surface area contributed by atoms with Crippen LogP contribution in [-0.4, -0.2) is 27.9 Å². The van der Waals surface area contributed by atoms with E-state index in [0.29, 0.717) is 5.56 Å². The van der Waals surface area contributed by atoms with Crippen LogP contribution in [0, 0.1) is 0 Å². The Hall–Kier alpha value is -2.48. The number of benzene rings is 2. The second-order valence-corrected chi connectivity index (χ2v) is 10.2. The number of alkyl halides is 6. The van der Waals surface area contributed by atoms with Gasteiger partial charge >= 0.3 is 31.3 Å².